The number of rotatable bonds is 3. The molecule has 110 valence electrons. The zero-order valence-corrected chi connectivity index (χ0v) is 10.8. The SMILES string of the molecule is O=C(O)c1cnc(-c2ccc(O)c(-n3cnnn3)c2)[nH]c1=O. The molecule has 0 aliphatic rings. The van der Waals surface area contributed by atoms with Crippen LogP contribution in [0.2, 0.25) is 0 Å². The van der Waals surface area contributed by atoms with Crippen molar-refractivity contribution in [1.82, 2.24) is 30.2 Å². The van der Waals surface area contributed by atoms with Crippen LogP contribution in [-0.4, -0.2) is 46.4 Å². The first-order valence-electron chi connectivity index (χ1n) is 5.95. The summed E-state index contributed by atoms with van der Waals surface area (Å²) in [5, 5.41) is 29.3. The number of carboxylic acid groups (broad SMARTS) is 1. The Morgan fingerprint density at radius 3 is 2.77 bits per heavy atom. The maximum atomic E-state index is 11.7. The molecule has 2 aromatic heterocycles. The molecular weight excluding hydrogens is 292 g/mol. The van der Waals surface area contributed by atoms with Crippen molar-refractivity contribution < 1.29 is 15.0 Å². The zero-order chi connectivity index (χ0) is 15.7. The summed E-state index contributed by atoms with van der Waals surface area (Å²) in [6, 6.07) is 4.41. The fourth-order valence-corrected chi connectivity index (χ4v) is 1.82. The molecule has 0 unspecified atom stereocenters. The van der Waals surface area contributed by atoms with Crippen molar-refractivity contribution in [2.24, 2.45) is 0 Å². The van der Waals surface area contributed by atoms with E-state index in [0.717, 1.165) is 6.20 Å². The molecule has 0 aliphatic carbocycles. The Morgan fingerprint density at radius 2 is 2.14 bits per heavy atom. The molecule has 0 saturated carbocycles. The lowest BCUT2D eigenvalue weighted by Crippen LogP contribution is -2.18. The molecular formula is C12H8N6O4. The summed E-state index contributed by atoms with van der Waals surface area (Å²) in [6.45, 7) is 0. The Labute approximate surface area is 121 Å². The van der Waals surface area contributed by atoms with Gasteiger partial charge in [-0.3, -0.25) is 4.79 Å². The Kier molecular flexibility index (Phi) is 3.10. The third-order valence-corrected chi connectivity index (χ3v) is 2.87. The van der Waals surface area contributed by atoms with Crippen molar-refractivity contribution >= 4 is 5.97 Å². The van der Waals surface area contributed by atoms with Crippen molar-refractivity contribution in [3.8, 4) is 22.8 Å². The van der Waals surface area contributed by atoms with Gasteiger partial charge in [-0.05, 0) is 28.6 Å². The summed E-state index contributed by atoms with van der Waals surface area (Å²) in [4.78, 5) is 28.8. The van der Waals surface area contributed by atoms with E-state index in [9.17, 15) is 14.7 Å². The predicted octanol–water partition coefficient (Wildman–Crippen LogP) is -0.184. The van der Waals surface area contributed by atoms with Crippen LogP contribution in [0, 0.1) is 0 Å². The van der Waals surface area contributed by atoms with Crippen molar-refractivity contribution in [1.29, 1.82) is 0 Å². The van der Waals surface area contributed by atoms with E-state index < -0.39 is 17.1 Å². The van der Waals surface area contributed by atoms with Crippen LogP contribution in [0.5, 0.6) is 5.75 Å². The molecule has 3 rings (SSSR count). The van der Waals surface area contributed by atoms with Gasteiger partial charge in [-0.25, -0.2) is 9.78 Å². The molecule has 10 nitrogen and oxygen atoms in total. The van der Waals surface area contributed by atoms with Gasteiger partial charge in [0.1, 0.15) is 29.2 Å². The Bertz CT molecular complexity index is 902. The number of phenolic OH excluding ortho intramolecular Hbond substituents is 1. The largest absolute Gasteiger partial charge is 0.506 e. The highest BCUT2D eigenvalue weighted by molar-refractivity contribution is 5.86. The van der Waals surface area contributed by atoms with E-state index in [-0.39, 0.29) is 17.3 Å². The first-order chi connectivity index (χ1) is 10.6. The molecule has 0 atom stereocenters. The number of carboxylic acids is 1. The number of carbonyl (C=O) groups is 1. The standard InChI is InChI=1S/C12H8N6O4/c19-9-2-1-6(3-8(9)18-5-14-16-17-18)10-13-4-7(12(21)22)11(20)15-10/h1-5,19H,(H,21,22)(H,13,15,20). The number of H-pyrrole nitrogens is 1. The van der Waals surface area contributed by atoms with Crippen LogP contribution < -0.4 is 5.56 Å². The van der Waals surface area contributed by atoms with Gasteiger partial charge in [0.2, 0.25) is 0 Å². The average molecular weight is 300 g/mol. The van der Waals surface area contributed by atoms with Gasteiger partial charge in [-0.15, -0.1) is 5.10 Å². The second-order valence-corrected chi connectivity index (χ2v) is 4.24. The number of nitrogens with zero attached hydrogens (tertiary/aromatic N) is 5. The minimum atomic E-state index is -1.36. The van der Waals surface area contributed by atoms with Crippen LogP contribution >= 0.6 is 0 Å². The molecule has 1 aromatic carbocycles. The second kappa shape index (κ2) is 5.09. The molecule has 0 spiro atoms. The number of hydrogen-bond acceptors (Lipinski definition) is 7. The van der Waals surface area contributed by atoms with Crippen LogP contribution in [0.15, 0.2) is 35.5 Å². The van der Waals surface area contributed by atoms with Gasteiger partial charge in [0.05, 0.1) is 0 Å². The van der Waals surface area contributed by atoms with Gasteiger partial charge in [0, 0.05) is 11.8 Å². The number of aromatic nitrogens is 6. The van der Waals surface area contributed by atoms with Crippen LogP contribution in [0.25, 0.3) is 17.1 Å². The van der Waals surface area contributed by atoms with Crippen LogP contribution in [0.3, 0.4) is 0 Å². The summed E-state index contributed by atoms with van der Waals surface area (Å²) in [7, 11) is 0. The molecule has 0 amide bonds. The summed E-state index contributed by atoms with van der Waals surface area (Å²) in [6.07, 6.45) is 2.27. The number of phenols is 1. The number of aromatic amines is 1. The maximum Gasteiger partial charge on any atom is 0.342 e. The van der Waals surface area contributed by atoms with E-state index >= 15 is 0 Å². The van der Waals surface area contributed by atoms with Gasteiger partial charge >= 0.3 is 5.97 Å². The fraction of sp³-hybridized carbons (Fsp3) is 0. The highest BCUT2D eigenvalue weighted by Crippen LogP contribution is 2.25. The maximum absolute atomic E-state index is 11.7. The minimum Gasteiger partial charge on any atom is -0.506 e. The number of benzene rings is 1. The minimum absolute atomic E-state index is 0.0689. The second-order valence-electron chi connectivity index (χ2n) is 4.24. The van der Waals surface area contributed by atoms with Gasteiger partial charge < -0.3 is 15.2 Å². The van der Waals surface area contributed by atoms with Crippen molar-refractivity contribution in [2.45, 2.75) is 0 Å². The number of hydrogen-bond donors (Lipinski definition) is 3. The van der Waals surface area contributed by atoms with E-state index in [0.29, 0.717) is 5.56 Å². The number of aromatic carboxylic acids is 1. The normalized spacial score (nSPS) is 10.5. The van der Waals surface area contributed by atoms with Gasteiger partial charge in [0.15, 0.2) is 0 Å². The van der Waals surface area contributed by atoms with Crippen LogP contribution in [0.4, 0.5) is 0 Å². The van der Waals surface area contributed by atoms with Crippen molar-refractivity contribution in [3.05, 3.63) is 46.6 Å². The highest BCUT2D eigenvalue weighted by Gasteiger charge is 2.13. The highest BCUT2D eigenvalue weighted by atomic mass is 16.4. The van der Waals surface area contributed by atoms with Crippen molar-refractivity contribution in [2.75, 3.05) is 0 Å². The van der Waals surface area contributed by atoms with Gasteiger partial charge in [-0.2, -0.15) is 4.68 Å². The molecule has 2 heterocycles. The molecule has 0 radical (unpaired) electrons. The van der Waals surface area contributed by atoms with E-state index in [1.807, 2.05) is 0 Å². The summed E-state index contributed by atoms with van der Waals surface area (Å²) >= 11 is 0. The quantitative estimate of drug-likeness (QED) is 0.603. The Hall–Kier alpha value is -3.56. The monoisotopic (exact) mass is 300 g/mol. The molecule has 3 aromatic rings. The van der Waals surface area contributed by atoms with Crippen molar-refractivity contribution in [3.63, 3.8) is 0 Å². The molecule has 0 saturated heterocycles. The van der Waals surface area contributed by atoms with E-state index in [2.05, 4.69) is 25.5 Å². The third kappa shape index (κ3) is 2.28. The Morgan fingerprint density at radius 1 is 1.32 bits per heavy atom. The molecule has 0 aliphatic heterocycles. The smallest absolute Gasteiger partial charge is 0.342 e. The molecule has 3 N–H and O–H groups in total. The average Bonchev–Trinajstić information content (AvgIpc) is 3.01. The van der Waals surface area contributed by atoms with Gasteiger partial charge in [-0.1, -0.05) is 0 Å². The zero-order valence-electron chi connectivity index (χ0n) is 10.8. The Balaban J connectivity index is 2.10. The number of aromatic hydroxyl groups is 1. The fourth-order valence-electron chi connectivity index (χ4n) is 1.82. The summed E-state index contributed by atoms with van der Waals surface area (Å²) in [5.74, 6) is -1.27. The number of nitrogens with one attached hydrogen (secondary N) is 1. The molecule has 22 heavy (non-hydrogen) atoms. The predicted molar refractivity (Wildman–Crippen MR) is 71.6 cm³/mol. The van der Waals surface area contributed by atoms with Gasteiger partial charge in [0.25, 0.3) is 5.56 Å². The molecule has 10 heteroatoms. The van der Waals surface area contributed by atoms with E-state index in [1.54, 1.807) is 0 Å². The lowest BCUT2D eigenvalue weighted by molar-refractivity contribution is 0.0694. The third-order valence-electron chi connectivity index (χ3n) is 2.87. The first-order valence-corrected chi connectivity index (χ1v) is 5.95. The molecule has 0 fully saturated rings. The van der Waals surface area contributed by atoms with Crippen LogP contribution in [-0.2, 0) is 0 Å². The number of tetrazole rings is 1. The summed E-state index contributed by atoms with van der Waals surface area (Å²) in [5.41, 5.74) is -0.484. The first kappa shape index (κ1) is 13.4. The molecule has 0 bridgehead atoms. The van der Waals surface area contributed by atoms with Crippen LogP contribution in [0.1, 0.15) is 10.4 Å². The summed E-state index contributed by atoms with van der Waals surface area (Å²) < 4.78 is 1.24. The van der Waals surface area contributed by atoms with E-state index in [1.165, 1.54) is 29.2 Å². The van der Waals surface area contributed by atoms with E-state index in [4.69, 9.17) is 5.11 Å². The lowest BCUT2D eigenvalue weighted by atomic mass is 10.1. The lowest BCUT2D eigenvalue weighted by Gasteiger charge is -2.06. The topological polar surface area (TPSA) is 147 Å².